The summed E-state index contributed by atoms with van der Waals surface area (Å²) in [5.41, 5.74) is 1.82. The van der Waals surface area contributed by atoms with Gasteiger partial charge in [-0.15, -0.1) is 0 Å². The second-order valence-corrected chi connectivity index (χ2v) is 11.9. The third kappa shape index (κ3) is 6.41. The number of allylic oxidation sites excluding steroid dienone is 1. The predicted octanol–water partition coefficient (Wildman–Crippen LogP) is 5.84. The lowest BCUT2D eigenvalue weighted by molar-refractivity contribution is -0.0645. The standard InChI is InChI=1S/C32H38F3N5O3/c1-6-26(25-15-38(14-21(25)5)16-29(34)35)42-23-11-32(12-23)17-39(18-32)30-28(13-36-19-37-30)43-27-9-8-22(33)10-24(27)31(41)40(7-2)20(3)4/h6,8-10,13,19-20,23,29H,1,5,7,11-12,14-18H2,2-4H3/b26-25+. The van der Waals surface area contributed by atoms with Gasteiger partial charge in [-0.1, -0.05) is 13.2 Å². The summed E-state index contributed by atoms with van der Waals surface area (Å²) in [5, 5.41) is 0. The lowest BCUT2D eigenvalue weighted by Gasteiger charge is -2.59. The van der Waals surface area contributed by atoms with Crippen molar-refractivity contribution in [2.24, 2.45) is 5.41 Å². The maximum atomic E-state index is 14.2. The van der Waals surface area contributed by atoms with Crippen LogP contribution in [0.4, 0.5) is 19.0 Å². The van der Waals surface area contributed by atoms with E-state index in [9.17, 15) is 18.0 Å². The lowest BCUT2D eigenvalue weighted by atomic mass is 9.61. The van der Waals surface area contributed by atoms with E-state index in [4.69, 9.17) is 9.47 Å². The van der Waals surface area contributed by atoms with Crippen LogP contribution in [0.3, 0.4) is 0 Å². The van der Waals surface area contributed by atoms with Crippen LogP contribution in [0.2, 0.25) is 0 Å². The number of ether oxygens (including phenoxy) is 2. The van der Waals surface area contributed by atoms with Gasteiger partial charge in [0.15, 0.2) is 11.6 Å². The average Bonchev–Trinajstić information content (AvgIpc) is 3.27. The number of amides is 1. The van der Waals surface area contributed by atoms with Crippen LogP contribution in [-0.2, 0) is 4.74 Å². The first-order valence-corrected chi connectivity index (χ1v) is 14.6. The first kappa shape index (κ1) is 30.6. The van der Waals surface area contributed by atoms with Crippen LogP contribution in [0.5, 0.6) is 11.5 Å². The Bertz CT molecular complexity index is 1410. The van der Waals surface area contributed by atoms with Gasteiger partial charge in [-0.05, 0) is 63.5 Å². The first-order valence-electron chi connectivity index (χ1n) is 14.6. The number of likely N-dealkylation sites (tertiary alicyclic amines) is 1. The van der Waals surface area contributed by atoms with E-state index in [1.807, 2.05) is 20.8 Å². The van der Waals surface area contributed by atoms with Crippen molar-refractivity contribution in [1.82, 2.24) is 19.8 Å². The number of halogens is 3. The summed E-state index contributed by atoms with van der Waals surface area (Å²) < 4.78 is 52.4. The predicted molar refractivity (Wildman–Crippen MR) is 158 cm³/mol. The molecule has 3 aliphatic rings. The molecule has 1 aromatic heterocycles. The van der Waals surface area contributed by atoms with E-state index < -0.39 is 12.2 Å². The minimum atomic E-state index is -2.40. The minimum Gasteiger partial charge on any atom is -0.490 e. The van der Waals surface area contributed by atoms with E-state index in [-0.39, 0.29) is 41.3 Å². The normalized spacial score (nSPS) is 19.4. The number of carbonyl (C=O) groups is 1. The summed E-state index contributed by atoms with van der Waals surface area (Å²) in [6.45, 7) is 16.0. The van der Waals surface area contributed by atoms with Crippen molar-refractivity contribution in [3.8, 4) is 11.5 Å². The third-order valence-electron chi connectivity index (χ3n) is 8.34. The van der Waals surface area contributed by atoms with E-state index in [0.29, 0.717) is 37.0 Å². The van der Waals surface area contributed by atoms with Gasteiger partial charge in [0.05, 0.1) is 18.3 Å². The topological polar surface area (TPSA) is 71.0 Å². The van der Waals surface area contributed by atoms with Crippen LogP contribution in [0.1, 0.15) is 44.0 Å². The number of benzene rings is 1. The molecule has 1 spiro atoms. The molecule has 0 N–H and O–H groups in total. The Kier molecular flexibility index (Phi) is 8.82. The van der Waals surface area contributed by atoms with Gasteiger partial charge in [-0.25, -0.2) is 23.1 Å². The van der Waals surface area contributed by atoms with Crippen molar-refractivity contribution in [3.05, 3.63) is 78.2 Å². The molecule has 8 nitrogen and oxygen atoms in total. The monoisotopic (exact) mass is 597 g/mol. The van der Waals surface area contributed by atoms with Crippen LogP contribution in [0, 0.1) is 11.2 Å². The minimum absolute atomic E-state index is 0.00373. The van der Waals surface area contributed by atoms with Crippen molar-refractivity contribution in [2.45, 2.75) is 52.2 Å². The third-order valence-corrected chi connectivity index (χ3v) is 8.34. The summed E-state index contributed by atoms with van der Waals surface area (Å²) in [6, 6.07) is 3.85. The second-order valence-electron chi connectivity index (χ2n) is 11.9. The quantitative estimate of drug-likeness (QED) is 0.302. The number of aromatic nitrogens is 2. The molecule has 1 aliphatic carbocycles. The van der Waals surface area contributed by atoms with Gasteiger partial charge in [0.1, 0.15) is 29.8 Å². The summed E-state index contributed by atoms with van der Waals surface area (Å²) in [4.78, 5) is 27.3. The highest BCUT2D eigenvalue weighted by Gasteiger charge is 2.54. The van der Waals surface area contributed by atoms with Gasteiger partial charge in [-0.2, -0.15) is 0 Å². The molecule has 0 radical (unpaired) electrons. The molecule has 230 valence electrons. The Morgan fingerprint density at radius 1 is 1.23 bits per heavy atom. The van der Waals surface area contributed by atoms with Crippen molar-refractivity contribution in [2.75, 3.05) is 44.2 Å². The maximum absolute atomic E-state index is 14.2. The molecule has 0 unspecified atom stereocenters. The van der Waals surface area contributed by atoms with Crippen LogP contribution >= 0.6 is 0 Å². The van der Waals surface area contributed by atoms with E-state index in [0.717, 1.165) is 37.1 Å². The van der Waals surface area contributed by atoms with Crippen LogP contribution in [0.15, 0.2) is 66.9 Å². The van der Waals surface area contributed by atoms with Crippen molar-refractivity contribution in [1.29, 1.82) is 0 Å². The van der Waals surface area contributed by atoms with E-state index >= 15 is 0 Å². The molecular weight excluding hydrogens is 559 g/mol. The zero-order valence-electron chi connectivity index (χ0n) is 24.9. The molecule has 2 saturated heterocycles. The van der Waals surface area contributed by atoms with E-state index in [1.165, 1.54) is 24.5 Å². The van der Waals surface area contributed by atoms with Gasteiger partial charge in [-0.3, -0.25) is 9.69 Å². The summed E-state index contributed by atoms with van der Waals surface area (Å²) in [7, 11) is 0. The van der Waals surface area contributed by atoms with E-state index in [1.54, 1.807) is 22.1 Å². The number of hydrogen-bond acceptors (Lipinski definition) is 7. The SMILES string of the molecule is C=C/C(OC1CC2(C1)CN(c1ncncc1Oc1ccc(F)cc1C(=O)N(CC)C(C)C)C2)=C1/CN(CC(F)F)CC1=C. The molecular formula is C32H38F3N5O3. The van der Waals surface area contributed by atoms with Crippen molar-refractivity contribution < 1.29 is 27.4 Å². The maximum Gasteiger partial charge on any atom is 0.257 e. The van der Waals surface area contributed by atoms with Crippen molar-refractivity contribution >= 4 is 11.7 Å². The Morgan fingerprint density at radius 2 is 1.98 bits per heavy atom. The van der Waals surface area contributed by atoms with Crippen molar-refractivity contribution in [3.63, 3.8) is 0 Å². The van der Waals surface area contributed by atoms with Crippen LogP contribution < -0.4 is 9.64 Å². The highest BCUT2D eigenvalue weighted by atomic mass is 19.3. The summed E-state index contributed by atoms with van der Waals surface area (Å²) in [5.74, 6) is 0.992. The highest BCUT2D eigenvalue weighted by molar-refractivity contribution is 5.97. The second kappa shape index (κ2) is 12.4. The highest BCUT2D eigenvalue weighted by Crippen LogP contribution is 2.52. The van der Waals surface area contributed by atoms with Gasteiger partial charge in [0.25, 0.3) is 12.3 Å². The van der Waals surface area contributed by atoms with E-state index in [2.05, 4.69) is 28.0 Å². The molecule has 43 heavy (non-hydrogen) atoms. The molecule has 2 aromatic rings. The summed E-state index contributed by atoms with van der Waals surface area (Å²) >= 11 is 0. The smallest absolute Gasteiger partial charge is 0.257 e. The Labute approximate surface area is 250 Å². The average molecular weight is 598 g/mol. The number of alkyl halides is 2. The molecule has 1 amide bonds. The molecule has 5 rings (SSSR count). The fraction of sp³-hybridized carbons (Fsp3) is 0.469. The molecule has 1 saturated carbocycles. The zero-order chi connectivity index (χ0) is 30.9. The fourth-order valence-electron chi connectivity index (χ4n) is 6.31. The number of rotatable bonds is 11. The molecule has 3 heterocycles. The van der Waals surface area contributed by atoms with Gasteiger partial charge in [0.2, 0.25) is 0 Å². The molecule has 1 aromatic carbocycles. The molecule has 2 aliphatic heterocycles. The molecule has 0 atom stereocenters. The van der Waals surface area contributed by atoms with Crippen LogP contribution in [-0.4, -0.2) is 83.5 Å². The Hall–Kier alpha value is -3.86. The van der Waals surface area contributed by atoms with Gasteiger partial charge < -0.3 is 19.3 Å². The van der Waals surface area contributed by atoms with Gasteiger partial charge >= 0.3 is 0 Å². The molecule has 0 bridgehead atoms. The zero-order valence-corrected chi connectivity index (χ0v) is 24.9. The number of carbonyl (C=O) groups excluding carboxylic acids is 1. The Morgan fingerprint density at radius 3 is 2.63 bits per heavy atom. The largest absolute Gasteiger partial charge is 0.490 e. The fourth-order valence-corrected chi connectivity index (χ4v) is 6.31. The summed E-state index contributed by atoms with van der Waals surface area (Å²) in [6.07, 6.45) is 3.91. The Balaban J connectivity index is 1.23. The number of hydrogen-bond donors (Lipinski definition) is 0. The molecule has 3 fully saturated rings. The number of anilines is 1. The first-order chi connectivity index (χ1) is 20.5. The molecule has 11 heteroatoms. The van der Waals surface area contributed by atoms with Gasteiger partial charge in [0, 0.05) is 49.8 Å². The lowest BCUT2D eigenvalue weighted by Crippen LogP contribution is -2.64. The number of nitrogens with zero attached hydrogens (tertiary/aromatic N) is 5. The van der Waals surface area contributed by atoms with Crippen LogP contribution in [0.25, 0.3) is 0 Å².